The molecule has 6 heteroatoms. The summed E-state index contributed by atoms with van der Waals surface area (Å²) in [4.78, 5) is 18.3. The number of halogens is 1. The third kappa shape index (κ3) is 3.32. The zero-order valence-electron chi connectivity index (χ0n) is 15.2. The number of likely N-dealkylation sites (tertiary alicyclic amines) is 1. The molecule has 2 saturated heterocycles. The molecule has 3 heterocycles. The highest BCUT2D eigenvalue weighted by molar-refractivity contribution is 5.85. The number of hydrogen-bond donors (Lipinski definition) is 1. The van der Waals surface area contributed by atoms with Crippen molar-refractivity contribution in [2.75, 3.05) is 26.3 Å². The second kappa shape index (κ2) is 7.37. The molecule has 142 valence electrons. The molecule has 26 heavy (non-hydrogen) atoms. The first-order chi connectivity index (χ1) is 12.3. The summed E-state index contributed by atoms with van der Waals surface area (Å²) in [5, 5.41) is 0. The lowest BCUT2D eigenvalue weighted by Gasteiger charge is -2.39. The van der Waals surface area contributed by atoms with Crippen LogP contribution in [0.1, 0.15) is 56.0 Å². The summed E-state index contributed by atoms with van der Waals surface area (Å²) in [5.41, 5.74) is 3.56. The lowest BCUT2D eigenvalue weighted by molar-refractivity contribution is 0.0220. The highest BCUT2D eigenvalue weighted by Crippen LogP contribution is 2.41. The van der Waals surface area contributed by atoms with Crippen molar-refractivity contribution in [3.05, 3.63) is 34.2 Å². The molecule has 0 atom stereocenters. The van der Waals surface area contributed by atoms with Gasteiger partial charge in [-0.25, -0.2) is 4.79 Å². The van der Waals surface area contributed by atoms with E-state index in [1.807, 2.05) is 4.57 Å². The average molecular weight is 378 g/mol. The monoisotopic (exact) mass is 377 g/mol. The van der Waals surface area contributed by atoms with E-state index < -0.39 is 0 Å². The van der Waals surface area contributed by atoms with Gasteiger partial charge in [-0.3, -0.25) is 4.57 Å². The fourth-order valence-corrected chi connectivity index (χ4v) is 4.73. The fourth-order valence-electron chi connectivity index (χ4n) is 4.73. The van der Waals surface area contributed by atoms with Crippen molar-refractivity contribution in [3.8, 4) is 0 Å². The van der Waals surface area contributed by atoms with Crippen LogP contribution in [0.2, 0.25) is 0 Å². The third-order valence-corrected chi connectivity index (χ3v) is 6.36. The molecule has 3 aliphatic rings. The molecule has 1 aromatic heterocycles. The van der Waals surface area contributed by atoms with Crippen LogP contribution in [0, 0.1) is 0 Å². The molecule has 5 nitrogen and oxygen atoms in total. The molecular weight excluding hydrogens is 350 g/mol. The first-order valence-corrected chi connectivity index (χ1v) is 9.85. The van der Waals surface area contributed by atoms with Crippen molar-refractivity contribution in [1.82, 2.24) is 14.5 Å². The number of nitrogens with one attached hydrogen (secondary N) is 1. The molecular formula is C20H28ClN3O2. The summed E-state index contributed by atoms with van der Waals surface area (Å²) >= 11 is 0. The van der Waals surface area contributed by atoms with Crippen LogP contribution in [0.15, 0.2) is 23.0 Å². The van der Waals surface area contributed by atoms with E-state index in [0.717, 1.165) is 68.9 Å². The molecule has 3 fully saturated rings. The normalized spacial score (nSPS) is 23.2. The van der Waals surface area contributed by atoms with Crippen LogP contribution in [0.5, 0.6) is 0 Å². The Morgan fingerprint density at radius 3 is 2.38 bits per heavy atom. The molecule has 0 spiro atoms. The molecule has 0 amide bonds. The number of rotatable bonds is 3. The van der Waals surface area contributed by atoms with E-state index in [1.54, 1.807) is 0 Å². The molecule has 1 saturated carbocycles. The lowest BCUT2D eigenvalue weighted by atomic mass is 9.99. The molecule has 0 unspecified atom stereocenters. The zero-order valence-corrected chi connectivity index (χ0v) is 16.0. The minimum atomic E-state index is 0. The molecule has 0 radical (unpaired) electrons. The van der Waals surface area contributed by atoms with Gasteiger partial charge in [0.15, 0.2) is 0 Å². The van der Waals surface area contributed by atoms with Crippen LogP contribution < -0.4 is 5.69 Å². The molecule has 5 rings (SSSR count). The number of imidazole rings is 1. The number of aromatic amines is 1. The first-order valence-electron chi connectivity index (χ1n) is 9.85. The van der Waals surface area contributed by atoms with E-state index in [-0.39, 0.29) is 18.1 Å². The van der Waals surface area contributed by atoms with E-state index in [9.17, 15) is 4.79 Å². The van der Waals surface area contributed by atoms with Crippen molar-refractivity contribution < 1.29 is 4.74 Å². The molecule has 1 N–H and O–H groups in total. The summed E-state index contributed by atoms with van der Waals surface area (Å²) in [5.74, 6) is 0.721. The Kier molecular flexibility index (Phi) is 5.13. The summed E-state index contributed by atoms with van der Waals surface area (Å²) < 4.78 is 7.54. The van der Waals surface area contributed by atoms with Gasteiger partial charge in [0.2, 0.25) is 0 Å². The predicted molar refractivity (Wildman–Crippen MR) is 105 cm³/mol. The van der Waals surface area contributed by atoms with E-state index in [0.29, 0.717) is 12.1 Å². The van der Waals surface area contributed by atoms with Crippen LogP contribution in [0.4, 0.5) is 0 Å². The Hall–Kier alpha value is -1.30. The third-order valence-electron chi connectivity index (χ3n) is 6.36. The van der Waals surface area contributed by atoms with Crippen molar-refractivity contribution >= 4 is 23.4 Å². The Morgan fingerprint density at radius 2 is 1.69 bits per heavy atom. The zero-order chi connectivity index (χ0) is 16.8. The summed E-state index contributed by atoms with van der Waals surface area (Å²) in [6, 6.07) is 7.55. The smallest absolute Gasteiger partial charge is 0.326 e. The molecule has 0 bridgehead atoms. The number of fused-ring (bicyclic) bond motifs is 1. The van der Waals surface area contributed by atoms with Crippen LogP contribution >= 0.6 is 12.4 Å². The van der Waals surface area contributed by atoms with Crippen LogP contribution in [-0.4, -0.2) is 46.8 Å². The second-order valence-electron chi connectivity index (χ2n) is 7.96. The van der Waals surface area contributed by atoms with Crippen molar-refractivity contribution in [2.45, 2.75) is 56.5 Å². The van der Waals surface area contributed by atoms with Gasteiger partial charge >= 0.3 is 5.69 Å². The quantitative estimate of drug-likeness (QED) is 0.891. The molecule has 2 aromatic rings. The minimum Gasteiger partial charge on any atom is -0.381 e. The number of nitrogens with zero attached hydrogens (tertiary/aromatic N) is 2. The molecule has 2 aliphatic heterocycles. The van der Waals surface area contributed by atoms with Gasteiger partial charge in [-0.15, -0.1) is 12.4 Å². The second-order valence-corrected chi connectivity index (χ2v) is 7.96. The lowest BCUT2D eigenvalue weighted by Crippen LogP contribution is -2.45. The standard InChI is InChI=1S/C20H27N3O2.ClH/c24-20-21-18-4-3-15(14-1-2-14)13-19(18)23(20)17-5-9-22(10-6-17)16-7-11-25-12-8-16;/h3-4,13-14,16-17H,1-2,5-12H2,(H,21,24);1H. The maximum absolute atomic E-state index is 12.6. The van der Waals surface area contributed by atoms with Gasteiger partial charge in [0, 0.05) is 38.4 Å². The van der Waals surface area contributed by atoms with Gasteiger partial charge in [0.25, 0.3) is 0 Å². The fraction of sp³-hybridized carbons (Fsp3) is 0.650. The highest BCUT2D eigenvalue weighted by atomic mass is 35.5. The number of piperidine rings is 1. The highest BCUT2D eigenvalue weighted by Gasteiger charge is 2.29. The number of aromatic nitrogens is 2. The first kappa shape index (κ1) is 18.1. The van der Waals surface area contributed by atoms with Crippen molar-refractivity contribution in [2.24, 2.45) is 0 Å². The van der Waals surface area contributed by atoms with Gasteiger partial charge < -0.3 is 14.6 Å². The number of benzene rings is 1. The summed E-state index contributed by atoms with van der Waals surface area (Å²) in [6.45, 7) is 3.99. The van der Waals surface area contributed by atoms with Crippen molar-refractivity contribution in [1.29, 1.82) is 0 Å². The average Bonchev–Trinajstić information content (AvgIpc) is 3.45. The van der Waals surface area contributed by atoms with Gasteiger partial charge in [-0.2, -0.15) is 0 Å². The predicted octanol–water partition coefficient (Wildman–Crippen LogP) is 3.44. The maximum atomic E-state index is 12.6. The van der Waals surface area contributed by atoms with Gasteiger partial charge in [-0.1, -0.05) is 6.07 Å². The van der Waals surface area contributed by atoms with E-state index in [2.05, 4.69) is 28.1 Å². The number of hydrogen-bond acceptors (Lipinski definition) is 3. The Balaban J connectivity index is 0.00000168. The molecule has 1 aliphatic carbocycles. The number of H-pyrrole nitrogens is 1. The number of ether oxygens (including phenoxy) is 1. The largest absolute Gasteiger partial charge is 0.381 e. The summed E-state index contributed by atoms with van der Waals surface area (Å²) in [7, 11) is 0. The Morgan fingerprint density at radius 1 is 0.962 bits per heavy atom. The summed E-state index contributed by atoms with van der Waals surface area (Å²) in [6.07, 6.45) is 7.04. The van der Waals surface area contributed by atoms with E-state index in [1.165, 1.54) is 18.4 Å². The van der Waals surface area contributed by atoms with Crippen LogP contribution in [0.25, 0.3) is 11.0 Å². The maximum Gasteiger partial charge on any atom is 0.326 e. The molecule has 1 aromatic carbocycles. The van der Waals surface area contributed by atoms with Gasteiger partial charge in [0.05, 0.1) is 11.0 Å². The van der Waals surface area contributed by atoms with Gasteiger partial charge in [-0.05, 0) is 62.1 Å². The van der Waals surface area contributed by atoms with Gasteiger partial charge in [0.1, 0.15) is 0 Å². The SMILES string of the molecule is Cl.O=c1[nH]c2ccc(C3CC3)cc2n1C1CCN(C2CCOCC2)CC1. The van der Waals surface area contributed by atoms with E-state index >= 15 is 0 Å². The topological polar surface area (TPSA) is 50.3 Å². The Labute approximate surface area is 160 Å². The van der Waals surface area contributed by atoms with Crippen molar-refractivity contribution in [3.63, 3.8) is 0 Å². The minimum absolute atomic E-state index is 0. The van der Waals surface area contributed by atoms with Crippen LogP contribution in [-0.2, 0) is 4.74 Å². The Bertz CT molecular complexity index is 812. The van der Waals surface area contributed by atoms with E-state index in [4.69, 9.17) is 4.74 Å². The van der Waals surface area contributed by atoms with Crippen LogP contribution in [0.3, 0.4) is 0 Å².